The van der Waals surface area contributed by atoms with E-state index in [4.69, 9.17) is 4.74 Å². The molecule has 3 heterocycles. The largest absolute Gasteiger partial charge is 0.437 e. The number of piperidine rings is 1. The first kappa shape index (κ1) is 24.5. The Hall–Kier alpha value is -4.24. The second kappa shape index (κ2) is 10.4. The van der Waals surface area contributed by atoms with Crippen LogP contribution in [-0.4, -0.2) is 50.8 Å². The number of ether oxygens (including phenoxy) is 1. The van der Waals surface area contributed by atoms with Crippen LogP contribution in [0, 0.1) is 13.8 Å². The second-order valence-electron chi connectivity index (χ2n) is 9.50. The molecule has 5 rings (SSSR count). The summed E-state index contributed by atoms with van der Waals surface area (Å²) in [6.07, 6.45) is 5.23. The first-order chi connectivity index (χ1) is 17.9. The standard InChI is InChI=1S/C28H31N7O2/c1-5-26(36)30-21-7-6-8-22(17-21)37-27-25-9-12-29-35(25)33-28(32-27)31-24-16-18(2)23(15-19(24)3)20-10-13-34(4)14-11-20/h5-9,12,15-17,20H,1,10-11,13-14H2,2-4H3,(H,30,36)(H,31,33). The molecular formula is C28H31N7O2. The van der Waals surface area contributed by atoms with Crippen molar-refractivity contribution in [2.75, 3.05) is 30.8 Å². The highest BCUT2D eigenvalue weighted by Crippen LogP contribution is 2.34. The van der Waals surface area contributed by atoms with Crippen LogP contribution >= 0.6 is 0 Å². The van der Waals surface area contributed by atoms with E-state index in [1.807, 2.05) is 0 Å². The van der Waals surface area contributed by atoms with Gasteiger partial charge in [0.15, 0.2) is 0 Å². The van der Waals surface area contributed by atoms with Crippen LogP contribution in [0.4, 0.5) is 17.3 Å². The van der Waals surface area contributed by atoms with E-state index >= 15 is 0 Å². The topological polar surface area (TPSA) is 96.7 Å². The maximum atomic E-state index is 11.7. The number of aromatic nitrogens is 4. The molecule has 0 saturated carbocycles. The molecule has 190 valence electrons. The Morgan fingerprint density at radius 3 is 2.73 bits per heavy atom. The first-order valence-electron chi connectivity index (χ1n) is 12.4. The van der Waals surface area contributed by atoms with Gasteiger partial charge in [0.2, 0.25) is 5.91 Å². The summed E-state index contributed by atoms with van der Waals surface area (Å²) in [5, 5.41) is 14.9. The van der Waals surface area contributed by atoms with E-state index in [0.29, 0.717) is 34.7 Å². The number of amides is 1. The Labute approximate surface area is 216 Å². The SMILES string of the molecule is C=CC(=O)Nc1cccc(Oc2nc(Nc3cc(C)c(C4CCN(C)CC4)cc3C)nn3nccc23)c1. The van der Waals surface area contributed by atoms with Crippen molar-refractivity contribution in [2.24, 2.45) is 0 Å². The van der Waals surface area contributed by atoms with Crippen LogP contribution in [0.15, 0.2) is 61.3 Å². The van der Waals surface area contributed by atoms with Gasteiger partial charge in [-0.15, -0.1) is 9.73 Å². The summed E-state index contributed by atoms with van der Waals surface area (Å²) in [5.74, 6) is 1.53. The Kier molecular flexibility index (Phi) is 6.87. The summed E-state index contributed by atoms with van der Waals surface area (Å²) in [5.41, 5.74) is 5.98. The van der Waals surface area contributed by atoms with Crippen molar-refractivity contribution >= 4 is 28.7 Å². The molecule has 37 heavy (non-hydrogen) atoms. The molecule has 0 spiro atoms. The highest BCUT2D eigenvalue weighted by Gasteiger charge is 2.21. The van der Waals surface area contributed by atoms with Gasteiger partial charge >= 0.3 is 0 Å². The van der Waals surface area contributed by atoms with Crippen LogP contribution in [0.3, 0.4) is 0 Å². The van der Waals surface area contributed by atoms with E-state index in [0.717, 1.165) is 24.3 Å². The minimum absolute atomic E-state index is 0.295. The predicted octanol–water partition coefficient (Wildman–Crippen LogP) is 5.21. The molecule has 4 aromatic rings. The zero-order valence-corrected chi connectivity index (χ0v) is 21.4. The van der Waals surface area contributed by atoms with Gasteiger partial charge < -0.3 is 20.3 Å². The molecule has 1 saturated heterocycles. The highest BCUT2D eigenvalue weighted by atomic mass is 16.5. The molecule has 0 atom stereocenters. The van der Waals surface area contributed by atoms with Crippen molar-refractivity contribution < 1.29 is 9.53 Å². The molecule has 1 aliphatic heterocycles. The molecule has 9 nitrogen and oxygen atoms in total. The number of rotatable bonds is 7. The van der Waals surface area contributed by atoms with Gasteiger partial charge in [-0.2, -0.15) is 10.1 Å². The number of benzene rings is 2. The average molecular weight is 498 g/mol. The average Bonchev–Trinajstić information content (AvgIpc) is 3.36. The van der Waals surface area contributed by atoms with E-state index in [1.165, 1.54) is 34.7 Å². The Morgan fingerprint density at radius 2 is 1.95 bits per heavy atom. The predicted molar refractivity (Wildman–Crippen MR) is 145 cm³/mol. The van der Waals surface area contributed by atoms with Crippen molar-refractivity contribution in [3.05, 3.63) is 78.0 Å². The molecule has 2 N–H and O–H groups in total. The van der Waals surface area contributed by atoms with E-state index in [9.17, 15) is 4.79 Å². The molecule has 0 radical (unpaired) electrons. The molecule has 0 unspecified atom stereocenters. The van der Waals surface area contributed by atoms with Gasteiger partial charge in [-0.3, -0.25) is 4.79 Å². The number of anilines is 3. The Balaban J connectivity index is 1.41. The summed E-state index contributed by atoms with van der Waals surface area (Å²) in [7, 11) is 2.19. The fraction of sp³-hybridized carbons (Fsp3) is 0.286. The molecule has 1 aliphatic rings. The smallest absolute Gasteiger partial charge is 0.250 e. The zero-order chi connectivity index (χ0) is 25.9. The van der Waals surface area contributed by atoms with Crippen molar-refractivity contribution in [3.63, 3.8) is 0 Å². The fourth-order valence-electron chi connectivity index (χ4n) is 4.72. The van der Waals surface area contributed by atoms with Gasteiger partial charge in [-0.25, -0.2) is 0 Å². The van der Waals surface area contributed by atoms with Gasteiger partial charge in [-0.05, 0) is 99.8 Å². The lowest BCUT2D eigenvalue weighted by Gasteiger charge is -2.30. The molecule has 0 bridgehead atoms. The number of hydrogen-bond donors (Lipinski definition) is 2. The van der Waals surface area contributed by atoms with Crippen LogP contribution in [0.2, 0.25) is 0 Å². The summed E-state index contributed by atoms with van der Waals surface area (Å²) in [4.78, 5) is 18.7. The number of nitrogens with one attached hydrogen (secondary N) is 2. The van der Waals surface area contributed by atoms with Crippen LogP contribution in [0.5, 0.6) is 11.6 Å². The third-order valence-corrected chi connectivity index (χ3v) is 6.76. The van der Waals surface area contributed by atoms with Crippen LogP contribution in [0.1, 0.15) is 35.4 Å². The minimum atomic E-state index is -0.295. The molecule has 1 amide bonds. The number of nitrogens with zero attached hydrogens (tertiary/aromatic N) is 5. The van der Waals surface area contributed by atoms with E-state index in [-0.39, 0.29) is 5.91 Å². The monoisotopic (exact) mass is 497 g/mol. The molecule has 9 heteroatoms. The lowest BCUT2D eigenvalue weighted by molar-refractivity contribution is -0.111. The van der Waals surface area contributed by atoms with Gasteiger partial charge in [0, 0.05) is 17.4 Å². The number of fused-ring (bicyclic) bond motifs is 1. The van der Waals surface area contributed by atoms with E-state index in [2.05, 4.69) is 70.3 Å². The second-order valence-corrected chi connectivity index (χ2v) is 9.50. The van der Waals surface area contributed by atoms with Gasteiger partial charge in [-0.1, -0.05) is 18.7 Å². The Bertz CT molecular complexity index is 1450. The molecular weight excluding hydrogens is 466 g/mol. The maximum Gasteiger partial charge on any atom is 0.250 e. The lowest BCUT2D eigenvalue weighted by atomic mass is 9.86. The molecule has 1 fully saturated rings. The first-order valence-corrected chi connectivity index (χ1v) is 12.4. The molecule has 0 aliphatic carbocycles. The van der Waals surface area contributed by atoms with E-state index in [1.54, 1.807) is 36.5 Å². The third kappa shape index (κ3) is 5.46. The van der Waals surface area contributed by atoms with Crippen molar-refractivity contribution in [1.29, 1.82) is 0 Å². The van der Waals surface area contributed by atoms with Crippen LogP contribution < -0.4 is 15.4 Å². The van der Waals surface area contributed by atoms with Crippen LogP contribution in [-0.2, 0) is 4.79 Å². The van der Waals surface area contributed by atoms with Crippen molar-refractivity contribution in [1.82, 2.24) is 24.7 Å². The minimum Gasteiger partial charge on any atom is -0.437 e. The van der Waals surface area contributed by atoms with Crippen LogP contribution in [0.25, 0.3) is 5.52 Å². The summed E-state index contributed by atoms with van der Waals surface area (Å²) in [6, 6.07) is 13.3. The lowest BCUT2D eigenvalue weighted by Crippen LogP contribution is -2.29. The number of aryl methyl sites for hydroxylation is 2. The number of carbonyl (C=O) groups excluding carboxylic acids is 1. The number of carbonyl (C=O) groups is 1. The number of hydrogen-bond acceptors (Lipinski definition) is 7. The highest BCUT2D eigenvalue weighted by molar-refractivity contribution is 5.98. The third-order valence-electron chi connectivity index (χ3n) is 6.76. The van der Waals surface area contributed by atoms with Gasteiger partial charge in [0.25, 0.3) is 11.8 Å². The Morgan fingerprint density at radius 1 is 1.14 bits per heavy atom. The summed E-state index contributed by atoms with van der Waals surface area (Å²) >= 11 is 0. The molecule has 2 aromatic carbocycles. The fourth-order valence-corrected chi connectivity index (χ4v) is 4.72. The normalized spacial score (nSPS) is 14.5. The molecule has 2 aromatic heterocycles. The van der Waals surface area contributed by atoms with Crippen molar-refractivity contribution in [3.8, 4) is 11.6 Å². The zero-order valence-electron chi connectivity index (χ0n) is 21.4. The van der Waals surface area contributed by atoms with E-state index < -0.39 is 0 Å². The maximum absolute atomic E-state index is 11.7. The summed E-state index contributed by atoms with van der Waals surface area (Å²) in [6.45, 7) is 10.0. The van der Waals surface area contributed by atoms with Gasteiger partial charge in [0.1, 0.15) is 11.3 Å². The van der Waals surface area contributed by atoms with Crippen molar-refractivity contribution in [2.45, 2.75) is 32.6 Å². The van der Waals surface area contributed by atoms with Gasteiger partial charge in [0.05, 0.1) is 6.20 Å². The quantitative estimate of drug-likeness (QED) is 0.338. The summed E-state index contributed by atoms with van der Waals surface area (Å²) < 4.78 is 7.60. The number of likely N-dealkylation sites (tertiary alicyclic amines) is 1.